The minimum absolute atomic E-state index is 0.0129. The van der Waals surface area contributed by atoms with Gasteiger partial charge in [0.1, 0.15) is 6.29 Å². The van der Waals surface area contributed by atoms with Gasteiger partial charge in [0, 0.05) is 27.9 Å². The molecule has 3 saturated carbocycles. The van der Waals surface area contributed by atoms with Crippen LogP contribution in [0.3, 0.4) is 0 Å². The second-order valence-corrected chi connectivity index (χ2v) is 9.32. The summed E-state index contributed by atoms with van der Waals surface area (Å²) in [5.74, 6) is 1.47. The zero-order chi connectivity index (χ0) is 17.8. The average Bonchev–Trinajstić information content (AvgIpc) is 2.99. The van der Waals surface area contributed by atoms with Crippen LogP contribution < -0.4 is 5.32 Å². The Bertz CT molecular complexity index is 838. The quantitative estimate of drug-likeness (QED) is 0.816. The minimum Gasteiger partial charge on any atom is -0.349 e. The first kappa shape index (κ1) is 16.8. The first-order valence-corrected chi connectivity index (χ1v) is 10.0. The molecule has 1 aromatic carbocycles. The van der Waals surface area contributed by atoms with E-state index in [4.69, 9.17) is 0 Å². The Morgan fingerprint density at radius 3 is 2.88 bits per heavy atom. The van der Waals surface area contributed by atoms with Crippen molar-refractivity contribution in [2.24, 2.45) is 23.2 Å². The first-order valence-electron chi connectivity index (χ1n) is 9.14. The van der Waals surface area contributed by atoms with Crippen molar-refractivity contribution in [2.75, 3.05) is 0 Å². The summed E-state index contributed by atoms with van der Waals surface area (Å²) in [4.78, 5) is 24.1. The molecule has 2 bridgehead atoms. The van der Waals surface area contributed by atoms with E-state index in [9.17, 15) is 9.59 Å². The molecule has 5 rings (SSSR count). The molecule has 0 spiro atoms. The minimum atomic E-state index is 0.0129. The van der Waals surface area contributed by atoms with Crippen molar-refractivity contribution in [3.05, 3.63) is 34.7 Å². The van der Waals surface area contributed by atoms with Crippen molar-refractivity contribution < 1.29 is 9.59 Å². The molecular formula is C21H25NO2S. The maximum Gasteiger partial charge on any atom is 0.252 e. The summed E-state index contributed by atoms with van der Waals surface area (Å²) in [5, 5.41) is 6.32. The number of nitrogens with one attached hydrogen (secondary N) is 1. The van der Waals surface area contributed by atoms with Crippen molar-refractivity contribution in [1.29, 1.82) is 0 Å². The standard InChI is InChI=1S/C21H25NO2S/c1-12-4-5-18-15(8-12)16(11-25-18)20(24)22-19-13(6-7-23)9-14-10-17(19)21(14,2)3/h4-5,7-8,11,13-14,17,19H,6,9-10H2,1-3H3,(H,22,24)/t13-,14+,17+,19+/m0/s1. The Labute approximate surface area is 152 Å². The number of carbonyl (C=O) groups excluding carboxylic acids is 2. The third-order valence-corrected chi connectivity index (χ3v) is 7.71. The largest absolute Gasteiger partial charge is 0.349 e. The van der Waals surface area contributed by atoms with Crippen molar-refractivity contribution in [2.45, 2.75) is 46.1 Å². The van der Waals surface area contributed by atoms with Gasteiger partial charge in [0.2, 0.25) is 0 Å². The number of thiophene rings is 1. The second kappa shape index (κ2) is 5.94. The Morgan fingerprint density at radius 2 is 2.16 bits per heavy atom. The maximum atomic E-state index is 13.0. The molecule has 4 atom stereocenters. The van der Waals surface area contributed by atoms with Gasteiger partial charge in [-0.2, -0.15) is 0 Å². The van der Waals surface area contributed by atoms with Crippen LogP contribution in [0.2, 0.25) is 0 Å². The SMILES string of the molecule is Cc1ccc2scc(C(=O)N[C@@H]3[C@@H](CC=O)C[C@@H]4C[C@H]3C4(C)C)c2c1. The molecule has 0 radical (unpaired) electrons. The normalized spacial score (nSPS) is 29.9. The van der Waals surface area contributed by atoms with Crippen LogP contribution in [0.25, 0.3) is 10.1 Å². The first-order chi connectivity index (χ1) is 11.9. The molecule has 3 nitrogen and oxygen atoms in total. The van der Waals surface area contributed by atoms with E-state index in [2.05, 4.69) is 44.3 Å². The lowest BCUT2D eigenvalue weighted by atomic mass is 9.44. The summed E-state index contributed by atoms with van der Waals surface area (Å²) in [6.07, 6.45) is 3.80. The summed E-state index contributed by atoms with van der Waals surface area (Å²) < 4.78 is 1.15. The van der Waals surface area contributed by atoms with Crippen molar-refractivity contribution in [3.8, 4) is 0 Å². The van der Waals surface area contributed by atoms with Gasteiger partial charge in [0.25, 0.3) is 5.91 Å². The predicted octanol–water partition coefficient (Wildman–Crippen LogP) is 4.58. The van der Waals surface area contributed by atoms with Crippen LogP contribution in [0, 0.1) is 30.1 Å². The van der Waals surface area contributed by atoms with Crippen LogP contribution in [0.1, 0.15) is 49.0 Å². The number of aldehydes is 1. The van der Waals surface area contributed by atoms with Gasteiger partial charge >= 0.3 is 0 Å². The average molecular weight is 356 g/mol. The Kier molecular flexibility index (Phi) is 3.99. The fraction of sp³-hybridized carbons (Fsp3) is 0.524. The van der Waals surface area contributed by atoms with E-state index < -0.39 is 0 Å². The van der Waals surface area contributed by atoms with E-state index in [1.165, 1.54) is 12.0 Å². The van der Waals surface area contributed by atoms with E-state index in [1.54, 1.807) is 11.3 Å². The number of amides is 1. The van der Waals surface area contributed by atoms with Crippen LogP contribution in [0.15, 0.2) is 23.6 Å². The Hall–Kier alpha value is -1.68. The van der Waals surface area contributed by atoms with E-state index in [0.717, 1.165) is 28.4 Å². The van der Waals surface area contributed by atoms with Crippen molar-refractivity contribution in [1.82, 2.24) is 5.32 Å². The van der Waals surface area contributed by atoms with Crippen molar-refractivity contribution >= 4 is 33.6 Å². The number of rotatable bonds is 4. The highest BCUT2D eigenvalue weighted by Gasteiger charge is 2.57. The van der Waals surface area contributed by atoms with Gasteiger partial charge in [-0.15, -0.1) is 11.3 Å². The van der Waals surface area contributed by atoms with Crippen molar-refractivity contribution in [3.63, 3.8) is 0 Å². The molecule has 25 heavy (non-hydrogen) atoms. The number of aryl methyl sites for hydroxylation is 1. The van der Waals surface area contributed by atoms with Gasteiger partial charge < -0.3 is 10.1 Å². The third-order valence-electron chi connectivity index (χ3n) is 6.75. The fourth-order valence-electron chi connectivity index (χ4n) is 5.04. The van der Waals surface area contributed by atoms with Crippen LogP contribution in [-0.2, 0) is 4.79 Å². The van der Waals surface area contributed by atoms with Gasteiger partial charge in [-0.1, -0.05) is 25.5 Å². The topological polar surface area (TPSA) is 46.2 Å². The molecular weight excluding hydrogens is 330 g/mol. The number of fused-ring (bicyclic) bond motifs is 3. The molecule has 1 heterocycles. The molecule has 132 valence electrons. The summed E-state index contributed by atoms with van der Waals surface area (Å²) in [6.45, 7) is 6.67. The number of benzene rings is 1. The molecule has 0 aliphatic heterocycles. The molecule has 4 heteroatoms. The Morgan fingerprint density at radius 1 is 1.36 bits per heavy atom. The van der Waals surface area contributed by atoms with Gasteiger partial charge in [-0.3, -0.25) is 4.79 Å². The maximum absolute atomic E-state index is 13.0. The molecule has 3 aliphatic rings. The van der Waals surface area contributed by atoms with Gasteiger partial charge in [0.15, 0.2) is 0 Å². The van der Waals surface area contributed by atoms with Gasteiger partial charge in [-0.25, -0.2) is 0 Å². The lowest BCUT2D eigenvalue weighted by Crippen LogP contribution is -2.63. The molecule has 2 aromatic rings. The van der Waals surface area contributed by atoms with E-state index in [-0.39, 0.29) is 23.3 Å². The summed E-state index contributed by atoms with van der Waals surface area (Å²) >= 11 is 1.62. The highest BCUT2D eigenvalue weighted by atomic mass is 32.1. The summed E-state index contributed by atoms with van der Waals surface area (Å²) in [7, 11) is 0. The van der Waals surface area contributed by atoms with Crippen LogP contribution >= 0.6 is 11.3 Å². The molecule has 1 N–H and O–H groups in total. The second-order valence-electron chi connectivity index (χ2n) is 8.41. The highest BCUT2D eigenvalue weighted by molar-refractivity contribution is 7.17. The molecule has 0 unspecified atom stereocenters. The van der Waals surface area contributed by atoms with Gasteiger partial charge in [0.05, 0.1) is 5.56 Å². The van der Waals surface area contributed by atoms with Crippen LogP contribution in [0.4, 0.5) is 0 Å². The predicted molar refractivity (Wildman–Crippen MR) is 102 cm³/mol. The van der Waals surface area contributed by atoms with E-state index in [1.807, 2.05) is 5.38 Å². The number of hydrogen-bond acceptors (Lipinski definition) is 3. The smallest absolute Gasteiger partial charge is 0.252 e. The lowest BCUT2D eigenvalue weighted by molar-refractivity contribution is -0.123. The molecule has 3 aliphatic carbocycles. The molecule has 1 aromatic heterocycles. The van der Waals surface area contributed by atoms with Gasteiger partial charge in [-0.05, 0) is 55.1 Å². The van der Waals surface area contributed by atoms with Crippen LogP contribution in [0.5, 0.6) is 0 Å². The lowest BCUT2D eigenvalue weighted by Gasteiger charge is -2.62. The molecule has 1 amide bonds. The Balaban J connectivity index is 1.61. The molecule has 3 fully saturated rings. The number of carbonyl (C=O) groups is 2. The van der Waals surface area contributed by atoms with Crippen LogP contribution in [-0.4, -0.2) is 18.2 Å². The zero-order valence-electron chi connectivity index (χ0n) is 15.0. The number of hydrogen-bond donors (Lipinski definition) is 1. The summed E-state index contributed by atoms with van der Waals surface area (Å²) in [6, 6.07) is 6.37. The summed E-state index contributed by atoms with van der Waals surface area (Å²) in [5.41, 5.74) is 2.21. The van der Waals surface area contributed by atoms with E-state index >= 15 is 0 Å². The zero-order valence-corrected chi connectivity index (χ0v) is 15.9. The fourth-order valence-corrected chi connectivity index (χ4v) is 5.96. The highest BCUT2D eigenvalue weighted by Crippen LogP contribution is 2.61. The van der Waals surface area contributed by atoms with E-state index in [0.29, 0.717) is 18.3 Å². The monoisotopic (exact) mass is 355 g/mol. The molecule has 0 saturated heterocycles. The third kappa shape index (κ3) is 2.62.